The normalized spacial score (nSPS) is 14.1. The Bertz CT molecular complexity index is 407. The van der Waals surface area contributed by atoms with Gasteiger partial charge in [0.2, 0.25) is 0 Å². The first kappa shape index (κ1) is 7.94. The molecule has 0 bridgehead atoms. The second kappa shape index (κ2) is 2.99. The molecule has 13 heavy (non-hydrogen) atoms. The van der Waals surface area contributed by atoms with Gasteiger partial charge in [0.1, 0.15) is 5.76 Å². The first-order valence-corrected chi connectivity index (χ1v) is 4.25. The Morgan fingerprint density at radius 3 is 2.85 bits per heavy atom. The second-order valence-electron chi connectivity index (χ2n) is 3.17. The SMILES string of the molecule is C#CCC1=C(O)c2ccccc2C1. The minimum absolute atomic E-state index is 0.383. The lowest BCUT2D eigenvalue weighted by atomic mass is 10.1. The second-order valence-corrected chi connectivity index (χ2v) is 3.17. The van der Waals surface area contributed by atoms with Gasteiger partial charge in [-0.1, -0.05) is 24.3 Å². The maximum atomic E-state index is 9.76. The van der Waals surface area contributed by atoms with Crippen molar-refractivity contribution >= 4 is 5.76 Å². The van der Waals surface area contributed by atoms with Crippen LogP contribution in [-0.4, -0.2) is 5.11 Å². The highest BCUT2D eigenvalue weighted by atomic mass is 16.3. The molecule has 1 aliphatic rings. The van der Waals surface area contributed by atoms with Gasteiger partial charge >= 0.3 is 0 Å². The zero-order valence-electron chi connectivity index (χ0n) is 7.25. The molecule has 1 N–H and O–H groups in total. The molecule has 0 spiro atoms. The van der Waals surface area contributed by atoms with E-state index < -0.39 is 0 Å². The van der Waals surface area contributed by atoms with E-state index in [0.29, 0.717) is 12.2 Å². The Morgan fingerprint density at radius 2 is 2.15 bits per heavy atom. The molecule has 0 radical (unpaired) electrons. The van der Waals surface area contributed by atoms with Gasteiger partial charge in [-0.25, -0.2) is 0 Å². The number of fused-ring (bicyclic) bond motifs is 1. The van der Waals surface area contributed by atoms with Crippen molar-refractivity contribution in [3.05, 3.63) is 41.0 Å². The fraction of sp³-hybridized carbons (Fsp3) is 0.167. The number of aliphatic hydroxyl groups is 1. The third kappa shape index (κ3) is 1.21. The molecule has 2 rings (SSSR count). The average molecular weight is 170 g/mol. The molecule has 0 atom stereocenters. The van der Waals surface area contributed by atoms with Gasteiger partial charge in [-0.15, -0.1) is 12.3 Å². The van der Waals surface area contributed by atoms with Gasteiger partial charge < -0.3 is 5.11 Å². The van der Waals surface area contributed by atoms with Crippen LogP contribution in [0.1, 0.15) is 17.5 Å². The summed E-state index contributed by atoms with van der Waals surface area (Å²) in [5.41, 5.74) is 3.07. The lowest BCUT2D eigenvalue weighted by molar-refractivity contribution is 0.508. The highest BCUT2D eigenvalue weighted by molar-refractivity contribution is 5.71. The molecule has 0 saturated carbocycles. The van der Waals surface area contributed by atoms with E-state index in [-0.39, 0.29) is 0 Å². The van der Waals surface area contributed by atoms with Crippen LogP contribution in [0, 0.1) is 12.3 Å². The molecule has 0 fully saturated rings. The third-order valence-electron chi connectivity index (χ3n) is 2.33. The van der Waals surface area contributed by atoms with Crippen LogP contribution in [0.4, 0.5) is 0 Å². The molecule has 0 aromatic heterocycles. The Kier molecular flexibility index (Phi) is 1.83. The van der Waals surface area contributed by atoms with Crippen LogP contribution in [0.3, 0.4) is 0 Å². The smallest absolute Gasteiger partial charge is 0.123 e. The number of rotatable bonds is 1. The summed E-state index contributed by atoms with van der Waals surface area (Å²) in [7, 11) is 0. The van der Waals surface area contributed by atoms with E-state index in [1.807, 2.05) is 24.3 Å². The van der Waals surface area contributed by atoms with E-state index in [2.05, 4.69) is 5.92 Å². The highest BCUT2D eigenvalue weighted by Gasteiger charge is 2.18. The van der Waals surface area contributed by atoms with Crippen LogP contribution in [0.2, 0.25) is 0 Å². The lowest BCUT2D eigenvalue weighted by Crippen LogP contribution is -1.82. The molecule has 0 saturated heterocycles. The van der Waals surface area contributed by atoms with E-state index in [1.165, 1.54) is 5.56 Å². The topological polar surface area (TPSA) is 20.2 Å². The van der Waals surface area contributed by atoms with Crippen molar-refractivity contribution in [3.8, 4) is 12.3 Å². The average Bonchev–Trinajstić information content (AvgIpc) is 2.46. The standard InChI is InChI=1S/C12H10O/c1-2-5-10-8-9-6-3-4-7-11(9)12(10)13/h1,3-4,6-7,13H,5,8H2. The summed E-state index contributed by atoms with van der Waals surface area (Å²) >= 11 is 0. The Morgan fingerprint density at radius 1 is 1.38 bits per heavy atom. The maximum Gasteiger partial charge on any atom is 0.123 e. The van der Waals surface area contributed by atoms with E-state index >= 15 is 0 Å². The van der Waals surface area contributed by atoms with Crippen LogP contribution in [0.5, 0.6) is 0 Å². The Labute approximate surface area is 77.7 Å². The van der Waals surface area contributed by atoms with Gasteiger partial charge in [-0.05, 0) is 17.6 Å². The zero-order valence-corrected chi connectivity index (χ0v) is 7.25. The molecular weight excluding hydrogens is 160 g/mol. The summed E-state index contributed by atoms with van der Waals surface area (Å²) in [5, 5.41) is 9.76. The van der Waals surface area contributed by atoms with Crippen LogP contribution >= 0.6 is 0 Å². The van der Waals surface area contributed by atoms with Crippen molar-refractivity contribution in [3.63, 3.8) is 0 Å². The van der Waals surface area contributed by atoms with Crippen molar-refractivity contribution in [2.45, 2.75) is 12.8 Å². The van der Waals surface area contributed by atoms with E-state index in [1.54, 1.807) is 0 Å². The number of benzene rings is 1. The van der Waals surface area contributed by atoms with Crippen LogP contribution in [0.25, 0.3) is 5.76 Å². The van der Waals surface area contributed by atoms with Crippen molar-refractivity contribution in [1.82, 2.24) is 0 Å². The molecule has 0 aliphatic heterocycles. The first-order chi connectivity index (χ1) is 6.33. The molecule has 1 aromatic carbocycles. The summed E-state index contributed by atoms with van der Waals surface area (Å²) in [5.74, 6) is 2.94. The van der Waals surface area contributed by atoms with Gasteiger partial charge in [0.15, 0.2) is 0 Å². The van der Waals surface area contributed by atoms with Gasteiger partial charge in [-0.3, -0.25) is 0 Å². The first-order valence-electron chi connectivity index (χ1n) is 4.25. The van der Waals surface area contributed by atoms with Gasteiger partial charge in [0, 0.05) is 12.0 Å². The number of aliphatic hydroxyl groups excluding tert-OH is 1. The minimum atomic E-state index is 0.383. The summed E-state index contributed by atoms with van der Waals surface area (Å²) < 4.78 is 0. The molecular formula is C12H10O. The van der Waals surface area contributed by atoms with E-state index in [0.717, 1.165) is 17.6 Å². The zero-order chi connectivity index (χ0) is 9.26. The van der Waals surface area contributed by atoms with Gasteiger partial charge in [0.25, 0.3) is 0 Å². The van der Waals surface area contributed by atoms with Crippen molar-refractivity contribution in [2.75, 3.05) is 0 Å². The molecule has 0 unspecified atom stereocenters. The molecule has 0 amide bonds. The summed E-state index contributed by atoms with van der Waals surface area (Å²) in [4.78, 5) is 0. The number of hydrogen-bond donors (Lipinski definition) is 1. The monoisotopic (exact) mass is 170 g/mol. The lowest BCUT2D eigenvalue weighted by Gasteiger charge is -1.96. The fourth-order valence-electron chi connectivity index (χ4n) is 1.68. The maximum absolute atomic E-state index is 9.76. The summed E-state index contributed by atoms with van der Waals surface area (Å²) in [6, 6.07) is 7.85. The molecule has 0 heterocycles. The quantitative estimate of drug-likeness (QED) is 0.642. The minimum Gasteiger partial charge on any atom is -0.507 e. The Balaban J connectivity index is 2.43. The third-order valence-corrected chi connectivity index (χ3v) is 2.33. The van der Waals surface area contributed by atoms with Crippen molar-refractivity contribution in [2.24, 2.45) is 0 Å². The van der Waals surface area contributed by atoms with Gasteiger partial charge in [0.05, 0.1) is 0 Å². The molecule has 1 heteroatoms. The molecule has 64 valence electrons. The number of hydrogen-bond acceptors (Lipinski definition) is 1. The summed E-state index contributed by atoms with van der Waals surface area (Å²) in [6.45, 7) is 0. The van der Waals surface area contributed by atoms with E-state index in [4.69, 9.17) is 6.42 Å². The van der Waals surface area contributed by atoms with Crippen molar-refractivity contribution < 1.29 is 5.11 Å². The van der Waals surface area contributed by atoms with Crippen LogP contribution in [0.15, 0.2) is 29.8 Å². The molecule has 1 aliphatic carbocycles. The Hall–Kier alpha value is -1.68. The van der Waals surface area contributed by atoms with Crippen molar-refractivity contribution in [1.29, 1.82) is 0 Å². The van der Waals surface area contributed by atoms with Crippen LogP contribution in [-0.2, 0) is 6.42 Å². The van der Waals surface area contributed by atoms with Crippen LogP contribution < -0.4 is 0 Å². The van der Waals surface area contributed by atoms with Gasteiger partial charge in [-0.2, -0.15) is 0 Å². The molecule has 1 aromatic rings. The van der Waals surface area contributed by atoms with E-state index in [9.17, 15) is 5.11 Å². The number of terminal acetylenes is 1. The fourth-order valence-corrected chi connectivity index (χ4v) is 1.68. The highest BCUT2D eigenvalue weighted by Crippen LogP contribution is 2.31. The largest absolute Gasteiger partial charge is 0.507 e. The predicted molar refractivity (Wildman–Crippen MR) is 53.1 cm³/mol. The number of allylic oxidation sites excluding steroid dienone is 1. The summed E-state index contributed by atoms with van der Waals surface area (Å²) in [6.07, 6.45) is 6.55. The predicted octanol–water partition coefficient (Wildman–Crippen LogP) is 2.54. The molecule has 1 nitrogen and oxygen atoms in total.